The zero-order valence-electron chi connectivity index (χ0n) is 7.02. The number of aliphatic hydroxyl groups excluding tert-OH is 1. The van der Waals surface area contributed by atoms with Crippen LogP contribution in [0, 0.1) is 16.0 Å². The average molecular weight is 169 g/mol. The molecule has 2 unspecified atom stereocenters. The van der Waals surface area contributed by atoms with Gasteiger partial charge in [0.15, 0.2) is 0 Å². The minimum Gasteiger partial charge on any atom is -0.508 e. The van der Waals surface area contributed by atoms with Crippen molar-refractivity contribution in [3.8, 4) is 0 Å². The number of hydrogen-bond acceptors (Lipinski definition) is 3. The molecule has 0 saturated heterocycles. The standard InChI is InChI=1S/C8H11NO3/c1-6-5-7(10)3-4-8(6,2)9(11)12/h3-6,10H,1-2H3. The Labute approximate surface area is 70.4 Å². The topological polar surface area (TPSA) is 63.4 Å². The van der Waals surface area contributed by atoms with E-state index in [9.17, 15) is 10.1 Å². The summed E-state index contributed by atoms with van der Waals surface area (Å²) in [5, 5.41) is 19.7. The number of aliphatic hydroxyl groups is 1. The van der Waals surface area contributed by atoms with Crippen LogP contribution in [0.15, 0.2) is 24.0 Å². The maximum absolute atomic E-state index is 10.6. The van der Waals surface area contributed by atoms with E-state index in [0.29, 0.717) is 0 Å². The minimum atomic E-state index is -1.08. The normalized spacial score (nSPS) is 34.5. The third-order valence-corrected chi connectivity index (χ3v) is 2.33. The predicted molar refractivity (Wildman–Crippen MR) is 44.4 cm³/mol. The molecule has 0 spiro atoms. The molecule has 0 aromatic carbocycles. The Balaban J connectivity index is 2.99. The quantitative estimate of drug-likeness (QED) is 0.479. The summed E-state index contributed by atoms with van der Waals surface area (Å²) < 4.78 is 0. The first-order chi connectivity index (χ1) is 5.47. The average Bonchev–Trinajstić information content (AvgIpc) is 1.97. The van der Waals surface area contributed by atoms with Crippen LogP contribution in [0.5, 0.6) is 0 Å². The zero-order chi connectivity index (χ0) is 9.35. The van der Waals surface area contributed by atoms with Gasteiger partial charge in [-0.3, -0.25) is 10.1 Å². The van der Waals surface area contributed by atoms with Crippen LogP contribution in [0.25, 0.3) is 0 Å². The van der Waals surface area contributed by atoms with Crippen molar-refractivity contribution in [1.29, 1.82) is 0 Å². The molecule has 0 amide bonds. The molecule has 1 aliphatic carbocycles. The Bertz CT molecular complexity index is 269. The smallest absolute Gasteiger partial charge is 0.244 e. The van der Waals surface area contributed by atoms with Gasteiger partial charge in [0.2, 0.25) is 5.54 Å². The highest BCUT2D eigenvalue weighted by Crippen LogP contribution is 2.28. The molecule has 12 heavy (non-hydrogen) atoms. The van der Waals surface area contributed by atoms with Crippen molar-refractivity contribution in [3.05, 3.63) is 34.1 Å². The number of allylic oxidation sites excluding steroid dienone is 1. The van der Waals surface area contributed by atoms with E-state index in [1.807, 2.05) is 0 Å². The molecule has 0 aromatic heterocycles. The second kappa shape index (κ2) is 2.62. The van der Waals surface area contributed by atoms with E-state index in [1.165, 1.54) is 25.2 Å². The Hall–Kier alpha value is -1.32. The summed E-state index contributed by atoms with van der Waals surface area (Å²) in [7, 11) is 0. The van der Waals surface area contributed by atoms with Gasteiger partial charge >= 0.3 is 0 Å². The highest BCUT2D eigenvalue weighted by atomic mass is 16.6. The first-order valence-corrected chi connectivity index (χ1v) is 3.71. The van der Waals surface area contributed by atoms with E-state index in [-0.39, 0.29) is 16.6 Å². The molecule has 0 heterocycles. The Kier molecular flexibility index (Phi) is 1.92. The Morgan fingerprint density at radius 2 is 2.33 bits per heavy atom. The fraction of sp³-hybridized carbons (Fsp3) is 0.500. The molecule has 1 N–H and O–H groups in total. The molecule has 0 aliphatic heterocycles. The van der Waals surface area contributed by atoms with Gasteiger partial charge in [-0.2, -0.15) is 0 Å². The molecule has 0 radical (unpaired) electrons. The number of hydrogen-bond donors (Lipinski definition) is 1. The summed E-state index contributed by atoms with van der Waals surface area (Å²) in [6, 6.07) is 0. The third kappa shape index (κ3) is 1.20. The highest BCUT2D eigenvalue weighted by molar-refractivity contribution is 5.23. The monoisotopic (exact) mass is 169 g/mol. The van der Waals surface area contributed by atoms with Gasteiger partial charge in [0.25, 0.3) is 0 Å². The van der Waals surface area contributed by atoms with Gasteiger partial charge in [-0.1, -0.05) is 6.92 Å². The van der Waals surface area contributed by atoms with E-state index in [0.717, 1.165) is 0 Å². The molecule has 0 saturated carbocycles. The van der Waals surface area contributed by atoms with Crippen LogP contribution in [-0.2, 0) is 0 Å². The van der Waals surface area contributed by atoms with Crippen LogP contribution in [0.4, 0.5) is 0 Å². The molecule has 4 heteroatoms. The summed E-state index contributed by atoms with van der Waals surface area (Å²) in [6.45, 7) is 3.25. The fourth-order valence-electron chi connectivity index (χ4n) is 1.11. The van der Waals surface area contributed by atoms with Crippen molar-refractivity contribution in [2.45, 2.75) is 19.4 Å². The molecule has 66 valence electrons. The highest BCUT2D eigenvalue weighted by Gasteiger charge is 2.41. The molecular weight excluding hydrogens is 158 g/mol. The van der Waals surface area contributed by atoms with Crippen LogP contribution in [0.2, 0.25) is 0 Å². The summed E-state index contributed by atoms with van der Waals surface area (Å²) in [5.41, 5.74) is -1.08. The summed E-state index contributed by atoms with van der Waals surface area (Å²) >= 11 is 0. The second-order valence-corrected chi connectivity index (χ2v) is 3.20. The number of nitro groups is 1. The van der Waals surface area contributed by atoms with E-state index in [1.54, 1.807) is 6.92 Å². The van der Waals surface area contributed by atoms with Crippen LogP contribution < -0.4 is 0 Å². The van der Waals surface area contributed by atoms with Crippen LogP contribution in [0.1, 0.15) is 13.8 Å². The molecule has 1 rings (SSSR count). The second-order valence-electron chi connectivity index (χ2n) is 3.20. The van der Waals surface area contributed by atoms with Gasteiger partial charge in [-0.25, -0.2) is 0 Å². The van der Waals surface area contributed by atoms with Gasteiger partial charge in [-0.15, -0.1) is 0 Å². The van der Waals surface area contributed by atoms with Gasteiger partial charge in [0, 0.05) is 11.8 Å². The summed E-state index contributed by atoms with van der Waals surface area (Å²) in [6.07, 6.45) is 4.28. The molecule has 1 aliphatic rings. The first-order valence-electron chi connectivity index (χ1n) is 3.71. The molecule has 0 bridgehead atoms. The molecule has 2 atom stereocenters. The van der Waals surface area contributed by atoms with Crippen molar-refractivity contribution in [1.82, 2.24) is 0 Å². The predicted octanol–water partition coefficient (Wildman–Crippen LogP) is 1.67. The Morgan fingerprint density at radius 3 is 2.75 bits per heavy atom. The summed E-state index contributed by atoms with van der Waals surface area (Å²) in [5.74, 6) is -0.181. The SMILES string of the molecule is CC1C=C(O)C=CC1(C)[N+](=O)[O-]. The minimum absolute atomic E-state index is 0.0989. The van der Waals surface area contributed by atoms with Crippen LogP contribution in [-0.4, -0.2) is 15.6 Å². The lowest BCUT2D eigenvalue weighted by molar-refractivity contribution is -0.557. The lowest BCUT2D eigenvalue weighted by atomic mass is 9.84. The van der Waals surface area contributed by atoms with Crippen LogP contribution in [0.3, 0.4) is 0 Å². The zero-order valence-corrected chi connectivity index (χ0v) is 7.02. The molecule has 4 nitrogen and oxygen atoms in total. The molecule has 0 aromatic rings. The largest absolute Gasteiger partial charge is 0.508 e. The summed E-state index contributed by atoms with van der Waals surface area (Å²) in [4.78, 5) is 10.3. The number of rotatable bonds is 1. The van der Waals surface area contributed by atoms with Crippen molar-refractivity contribution >= 4 is 0 Å². The van der Waals surface area contributed by atoms with Gasteiger partial charge in [0.05, 0.1) is 5.92 Å². The maximum Gasteiger partial charge on any atom is 0.244 e. The number of nitrogens with zero attached hydrogens (tertiary/aromatic N) is 1. The maximum atomic E-state index is 10.6. The van der Waals surface area contributed by atoms with Crippen molar-refractivity contribution in [2.75, 3.05) is 0 Å². The third-order valence-electron chi connectivity index (χ3n) is 2.33. The van der Waals surface area contributed by atoms with E-state index in [2.05, 4.69) is 0 Å². The van der Waals surface area contributed by atoms with E-state index in [4.69, 9.17) is 5.11 Å². The first kappa shape index (κ1) is 8.77. The lowest BCUT2D eigenvalue weighted by Gasteiger charge is -2.24. The van der Waals surface area contributed by atoms with Crippen LogP contribution >= 0.6 is 0 Å². The van der Waals surface area contributed by atoms with Gasteiger partial charge in [-0.05, 0) is 18.2 Å². The van der Waals surface area contributed by atoms with Crippen molar-refractivity contribution < 1.29 is 10.0 Å². The fourth-order valence-corrected chi connectivity index (χ4v) is 1.11. The van der Waals surface area contributed by atoms with Crippen molar-refractivity contribution in [3.63, 3.8) is 0 Å². The molecule has 0 fully saturated rings. The molecular formula is C8H11NO3. The van der Waals surface area contributed by atoms with E-state index < -0.39 is 5.54 Å². The van der Waals surface area contributed by atoms with Gasteiger partial charge in [0.1, 0.15) is 5.76 Å². The Morgan fingerprint density at radius 1 is 1.75 bits per heavy atom. The van der Waals surface area contributed by atoms with Gasteiger partial charge < -0.3 is 5.11 Å². The lowest BCUT2D eigenvalue weighted by Crippen LogP contribution is -2.40. The van der Waals surface area contributed by atoms with E-state index >= 15 is 0 Å². The van der Waals surface area contributed by atoms with Crippen molar-refractivity contribution in [2.24, 2.45) is 5.92 Å².